The van der Waals surface area contributed by atoms with Gasteiger partial charge in [-0.3, -0.25) is 4.99 Å². The summed E-state index contributed by atoms with van der Waals surface area (Å²) in [6, 6.07) is 45.4. The summed E-state index contributed by atoms with van der Waals surface area (Å²) in [5.74, 6) is 2.33. The molecule has 0 aliphatic heterocycles. The van der Waals surface area contributed by atoms with Gasteiger partial charge in [0.15, 0.2) is 12.7 Å². The average Bonchev–Trinajstić information content (AvgIpc) is 3.29. The standard InChI is InChI=1S/C52H61N4O2S2/c57-40-35-53-34-12-3-1-2-6-18-46-24-30-51(31-25-46)55(44-48-19-7-4-8-20-48)37-14-16-42-59-60-43-17-15-38-56(45-49-21-9-5-10-22-49)52-32-27-47(28-33-52)26-29-50-23-11-13-36-54(50)39-41-58/h1-13,18-34,36,57-58H,14-17,35,37-45H2/q+1/b2-1+,12-3-,18-6+,53-34+. The van der Waals surface area contributed by atoms with Crippen LogP contribution in [-0.4, -0.2) is 60.8 Å². The third-order valence-electron chi connectivity index (χ3n) is 9.76. The molecule has 0 atom stereocenters. The van der Waals surface area contributed by atoms with Gasteiger partial charge in [-0.25, -0.2) is 0 Å². The number of aliphatic hydroxyl groups excluding tert-OH is 2. The Balaban J connectivity index is 1.04. The van der Waals surface area contributed by atoms with Crippen LogP contribution in [-0.2, 0) is 19.6 Å². The molecule has 0 unspecified atom stereocenters. The summed E-state index contributed by atoms with van der Waals surface area (Å²) in [5.41, 5.74) is 8.56. The van der Waals surface area contributed by atoms with E-state index >= 15 is 0 Å². The number of aromatic nitrogens is 1. The van der Waals surface area contributed by atoms with E-state index in [1.54, 1.807) is 6.21 Å². The molecule has 312 valence electrons. The number of aliphatic imine (C=N–C) groups is 1. The first kappa shape index (κ1) is 46.0. The molecule has 60 heavy (non-hydrogen) atoms. The number of aliphatic hydroxyl groups is 2. The zero-order chi connectivity index (χ0) is 41.7. The molecule has 0 saturated heterocycles. The lowest BCUT2D eigenvalue weighted by Gasteiger charge is -2.25. The fourth-order valence-electron chi connectivity index (χ4n) is 6.58. The van der Waals surface area contributed by atoms with Crippen LogP contribution in [0.1, 0.15) is 53.6 Å². The van der Waals surface area contributed by atoms with Gasteiger partial charge in [0.2, 0.25) is 5.69 Å². The van der Waals surface area contributed by atoms with Crippen LogP contribution in [0.25, 0.3) is 18.2 Å². The van der Waals surface area contributed by atoms with E-state index in [4.69, 9.17) is 5.11 Å². The first-order valence-corrected chi connectivity index (χ1v) is 23.6. The minimum atomic E-state index is 0.0743. The maximum Gasteiger partial charge on any atom is 0.205 e. The van der Waals surface area contributed by atoms with Crippen molar-refractivity contribution in [1.82, 2.24) is 0 Å². The summed E-state index contributed by atoms with van der Waals surface area (Å²) in [4.78, 5) is 9.08. The van der Waals surface area contributed by atoms with Gasteiger partial charge in [0, 0.05) is 73.5 Å². The van der Waals surface area contributed by atoms with Crippen LogP contribution < -0.4 is 14.4 Å². The molecule has 1 aromatic heterocycles. The average molecular weight is 838 g/mol. The van der Waals surface area contributed by atoms with Crippen LogP contribution >= 0.6 is 21.6 Å². The van der Waals surface area contributed by atoms with Crippen LogP contribution in [0.2, 0.25) is 0 Å². The second-order valence-electron chi connectivity index (χ2n) is 14.3. The summed E-state index contributed by atoms with van der Waals surface area (Å²) in [6.45, 7) is 5.06. The maximum absolute atomic E-state index is 9.43. The van der Waals surface area contributed by atoms with E-state index in [0.29, 0.717) is 13.1 Å². The molecule has 0 radical (unpaired) electrons. The molecule has 5 aromatic rings. The summed E-state index contributed by atoms with van der Waals surface area (Å²) < 4.78 is 2.06. The number of rotatable bonds is 27. The Morgan fingerprint density at radius 2 is 1.05 bits per heavy atom. The number of pyridine rings is 1. The van der Waals surface area contributed by atoms with Gasteiger partial charge in [-0.05, 0) is 90.4 Å². The fourth-order valence-corrected chi connectivity index (χ4v) is 8.87. The van der Waals surface area contributed by atoms with Gasteiger partial charge in [-0.15, -0.1) is 0 Å². The second kappa shape index (κ2) is 28.4. The molecule has 0 aliphatic rings. The Labute approximate surface area is 366 Å². The predicted octanol–water partition coefficient (Wildman–Crippen LogP) is 11.0. The van der Waals surface area contributed by atoms with Gasteiger partial charge in [-0.1, -0.05) is 137 Å². The van der Waals surface area contributed by atoms with E-state index in [-0.39, 0.29) is 13.2 Å². The SMILES string of the molecule is OCC/N=C/C=C\C=C\C=C\c1ccc(N(CCCCSSCCCCN(Cc2ccccc2)c2ccc(/C=C/c3cccc[n+]3CCO)cc2)Cc2ccccc2)cc1. The maximum atomic E-state index is 9.43. The van der Waals surface area contributed by atoms with E-state index in [0.717, 1.165) is 56.0 Å². The van der Waals surface area contributed by atoms with E-state index in [9.17, 15) is 5.11 Å². The zero-order valence-electron chi connectivity index (χ0n) is 34.8. The van der Waals surface area contributed by atoms with Crippen molar-refractivity contribution >= 4 is 57.4 Å². The minimum absolute atomic E-state index is 0.0743. The van der Waals surface area contributed by atoms with Gasteiger partial charge in [0.1, 0.15) is 6.61 Å². The molecule has 0 amide bonds. The van der Waals surface area contributed by atoms with Crippen molar-refractivity contribution in [2.24, 2.45) is 4.99 Å². The third-order valence-corrected chi connectivity index (χ3v) is 12.3. The number of unbranched alkanes of at least 4 members (excludes halogenated alkanes) is 2. The minimum Gasteiger partial charge on any atom is -0.394 e. The molecule has 0 fully saturated rings. The Hall–Kier alpha value is -5.12. The summed E-state index contributed by atoms with van der Waals surface area (Å²) in [5, 5.41) is 18.2. The highest BCUT2D eigenvalue weighted by molar-refractivity contribution is 8.76. The molecule has 0 aliphatic carbocycles. The van der Waals surface area contributed by atoms with E-state index in [2.05, 4.69) is 153 Å². The van der Waals surface area contributed by atoms with Crippen molar-refractivity contribution in [2.75, 3.05) is 54.2 Å². The van der Waals surface area contributed by atoms with Gasteiger partial charge in [0.05, 0.1) is 13.2 Å². The van der Waals surface area contributed by atoms with Crippen LogP contribution in [0.4, 0.5) is 11.4 Å². The molecular formula is C52H61N4O2S2+. The van der Waals surface area contributed by atoms with E-state index in [1.807, 2.05) is 70.3 Å². The molecule has 1 heterocycles. The summed E-state index contributed by atoms with van der Waals surface area (Å²) in [7, 11) is 4.04. The highest BCUT2D eigenvalue weighted by atomic mass is 33.1. The third kappa shape index (κ3) is 17.6. The van der Waals surface area contributed by atoms with Crippen LogP contribution in [0.5, 0.6) is 0 Å². The van der Waals surface area contributed by atoms with Crippen molar-refractivity contribution in [3.05, 3.63) is 192 Å². The summed E-state index contributed by atoms with van der Waals surface area (Å²) >= 11 is 0. The van der Waals surface area contributed by atoms with Crippen LogP contribution in [0, 0.1) is 0 Å². The zero-order valence-corrected chi connectivity index (χ0v) is 36.4. The molecule has 5 rings (SSSR count). The molecular weight excluding hydrogens is 777 g/mol. The molecule has 0 saturated carbocycles. The predicted molar refractivity (Wildman–Crippen MR) is 262 cm³/mol. The number of benzene rings is 4. The Kier molecular flexibility index (Phi) is 21.7. The number of hydrogen-bond acceptors (Lipinski definition) is 7. The van der Waals surface area contributed by atoms with Gasteiger partial charge in [0.25, 0.3) is 0 Å². The highest BCUT2D eigenvalue weighted by Crippen LogP contribution is 2.26. The first-order chi connectivity index (χ1) is 29.7. The number of nitrogens with zero attached hydrogens (tertiary/aromatic N) is 4. The topological polar surface area (TPSA) is 63.2 Å². The number of hydrogen-bond donors (Lipinski definition) is 2. The smallest absolute Gasteiger partial charge is 0.205 e. The molecule has 0 bridgehead atoms. The van der Waals surface area contributed by atoms with Crippen molar-refractivity contribution in [2.45, 2.75) is 45.3 Å². The fraction of sp³-hybridized carbons (Fsp3) is 0.269. The van der Waals surface area contributed by atoms with E-state index < -0.39 is 0 Å². The quantitative estimate of drug-likeness (QED) is 0.0181. The monoisotopic (exact) mass is 837 g/mol. The lowest BCUT2D eigenvalue weighted by Crippen LogP contribution is -2.38. The number of allylic oxidation sites excluding steroid dienone is 5. The van der Waals surface area contributed by atoms with Crippen molar-refractivity contribution in [3.63, 3.8) is 0 Å². The van der Waals surface area contributed by atoms with Crippen molar-refractivity contribution < 1.29 is 14.8 Å². The highest BCUT2D eigenvalue weighted by Gasteiger charge is 2.10. The van der Waals surface area contributed by atoms with Gasteiger partial charge < -0.3 is 20.0 Å². The molecule has 4 aromatic carbocycles. The van der Waals surface area contributed by atoms with E-state index in [1.165, 1.54) is 46.7 Å². The molecule has 8 heteroatoms. The second-order valence-corrected chi connectivity index (χ2v) is 17.0. The summed E-state index contributed by atoms with van der Waals surface area (Å²) in [6.07, 6.45) is 24.6. The lowest BCUT2D eigenvalue weighted by atomic mass is 10.1. The normalized spacial score (nSPS) is 11.9. The molecule has 0 spiro atoms. The Bertz CT molecular complexity index is 2050. The van der Waals surface area contributed by atoms with Gasteiger partial charge in [-0.2, -0.15) is 4.57 Å². The molecule has 2 N–H and O–H groups in total. The van der Waals surface area contributed by atoms with Gasteiger partial charge >= 0.3 is 0 Å². The molecule has 6 nitrogen and oxygen atoms in total. The Morgan fingerprint density at radius 3 is 1.62 bits per heavy atom. The Morgan fingerprint density at radius 1 is 0.517 bits per heavy atom. The first-order valence-electron chi connectivity index (χ1n) is 21.1. The van der Waals surface area contributed by atoms with Crippen molar-refractivity contribution in [3.8, 4) is 0 Å². The van der Waals surface area contributed by atoms with Crippen LogP contribution in [0.3, 0.4) is 0 Å². The lowest BCUT2D eigenvalue weighted by molar-refractivity contribution is -0.699. The van der Waals surface area contributed by atoms with Crippen molar-refractivity contribution in [1.29, 1.82) is 0 Å². The van der Waals surface area contributed by atoms with Crippen LogP contribution in [0.15, 0.2) is 169 Å². The largest absolute Gasteiger partial charge is 0.394 e. The number of anilines is 2.